The summed E-state index contributed by atoms with van der Waals surface area (Å²) < 4.78 is 5.76. The lowest BCUT2D eigenvalue weighted by atomic mass is 9.99. The lowest BCUT2D eigenvalue weighted by molar-refractivity contribution is 0.129. The van der Waals surface area contributed by atoms with Crippen molar-refractivity contribution >= 4 is 0 Å². The van der Waals surface area contributed by atoms with Gasteiger partial charge in [0.1, 0.15) is 11.5 Å². The Hall–Kier alpha value is -0.800. The Morgan fingerprint density at radius 2 is 1.83 bits per heavy atom. The van der Waals surface area contributed by atoms with Crippen molar-refractivity contribution in [2.24, 2.45) is 11.7 Å². The summed E-state index contributed by atoms with van der Waals surface area (Å²) in [6, 6.07) is 4.74. The maximum absolute atomic E-state index is 6.15. The molecule has 0 aliphatic carbocycles. The van der Waals surface area contributed by atoms with Crippen LogP contribution in [0.4, 0.5) is 0 Å². The first-order valence-electron chi connectivity index (χ1n) is 6.86. The third-order valence-electron chi connectivity index (χ3n) is 3.50. The van der Waals surface area contributed by atoms with E-state index in [0.717, 1.165) is 11.5 Å². The van der Waals surface area contributed by atoms with E-state index in [9.17, 15) is 0 Å². The summed E-state index contributed by atoms with van der Waals surface area (Å²) in [5.74, 6) is 2.61. The summed E-state index contributed by atoms with van der Waals surface area (Å²) in [5.41, 5.74) is 6.15. The smallest absolute Gasteiger partial charge is 0.122 e. The number of hydrogen-bond donors (Lipinski definition) is 1. The average molecular weight is 252 g/mol. The summed E-state index contributed by atoms with van der Waals surface area (Å²) in [5, 5.41) is 0. The summed E-state index contributed by atoms with van der Waals surface area (Å²) >= 11 is 0. The molecular formula is C15H28N2O. The first-order valence-corrected chi connectivity index (χ1v) is 6.86. The molecule has 3 nitrogen and oxygen atoms in total. The maximum Gasteiger partial charge on any atom is 0.122 e. The molecule has 0 saturated carbocycles. The molecule has 0 spiro atoms. The van der Waals surface area contributed by atoms with Gasteiger partial charge in [-0.2, -0.15) is 0 Å². The average Bonchev–Trinajstić information content (AvgIpc) is 2.63. The van der Waals surface area contributed by atoms with Gasteiger partial charge in [-0.1, -0.05) is 13.8 Å². The Morgan fingerprint density at radius 1 is 1.22 bits per heavy atom. The van der Waals surface area contributed by atoms with E-state index in [1.807, 2.05) is 26.0 Å². The number of furan rings is 1. The zero-order valence-electron chi connectivity index (χ0n) is 12.6. The van der Waals surface area contributed by atoms with E-state index >= 15 is 0 Å². The standard InChI is InChI=1S/C15H28N2O/c1-10(2)9-11(3)17(6)15(13(5)16)14-8-7-12(4)18-14/h7-8,10-11,13,15H,9,16H2,1-6H3. The molecule has 18 heavy (non-hydrogen) atoms. The Balaban J connectivity index is 2.85. The second-order valence-corrected chi connectivity index (χ2v) is 5.90. The molecule has 0 bridgehead atoms. The van der Waals surface area contributed by atoms with Crippen molar-refractivity contribution < 1.29 is 4.42 Å². The number of nitrogens with two attached hydrogens (primary N) is 1. The maximum atomic E-state index is 6.15. The molecule has 3 atom stereocenters. The summed E-state index contributed by atoms with van der Waals surface area (Å²) in [7, 11) is 2.14. The van der Waals surface area contributed by atoms with Crippen molar-refractivity contribution in [3.63, 3.8) is 0 Å². The Morgan fingerprint density at radius 3 is 2.22 bits per heavy atom. The van der Waals surface area contributed by atoms with Crippen LogP contribution in [0.1, 0.15) is 51.7 Å². The fraction of sp³-hybridized carbons (Fsp3) is 0.733. The minimum atomic E-state index is 0.0511. The quantitative estimate of drug-likeness (QED) is 0.844. The van der Waals surface area contributed by atoms with Crippen LogP contribution >= 0.6 is 0 Å². The lowest BCUT2D eigenvalue weighted by Gasteiger charge is -2.35. The highest BCUT2D eigenvalue weighted by Gasteiger charge is 2.27. The van der Waals surface area contributed by atoms with Gasteiger partial charge in [0.25, 0.3) is 0 Å². The summed E-state index contributed by atoms with van der Waals surface area (Å²) in [6.45, 7) is 10.8. The molecule has 0 saturated heterocycles. The van der Waals surface area contributed by atoms with Crippen molar-refractivity contribution in [2.75, 3.05) is 7.05 Å². The van der Waals surface area contributed by atoms with Crippen LogP contribution in [0.15, 0.2) is 16.5 Å². The predicted octanol–water partition coefficient (Wildman–Crippen LogP) is 3.34. The van der Waals surface area contributed by atoms with Gasteiger partial charge in [0.2, 0.25) is 0 Å². The fourth-order valence-corrected chi connectivity index (χ4v) is 2.57. The van der Waals surface area contributed by atoms with Gasteiger partial charge >= 0.3 is 0 Å². The van der Waals surface area contributed by atoms with Crippen molar-refractivity contribution in [1.82, 2.24) is 4.90 Å². The second kappa shape index (κ2) is 6.39. The molecule has 0 fully saturated rings. The van der Waals surface area contributed by atoms with Gasteiger partial charge in [0.15, 0.2) is 0 Å². The molecule has 1 rings (SSSR count). The van der Waals surface area contributed by atoms with Crippen LogP contribution in [0.3, 0.4) is 0 Å². The van der Waals surface area contributed by atoms with Crippen LogP contribution in [0.25, 0.3) is 0 Å². The molecule has 0 radical (unpaired) electrons. The summed E-state index contributed by atoms with van der Waals surface area (Å²) in [4.78, 5) is 2.34. The number of nitrogens with zero attached hydrogens (tertiary/aromatic N) is 1. The van der Waals surface area contributed by atoms with E-state index in [4.69, 9.17) is 10.2 Å². The largest absolute Gasteiger partial charge is 0.465 e. The van der Waals surface area contributed by atoms with Gasteiger partial charge in [0.05, 0.1) is 6.04 Å². The van der Waals surface area contributed by atoms with Gasteiger partial charge in [-0.3, -0.25) is 4.90 Å². The first-order chi connectivity index (χ1) is 8.32. The van der Waals surface area contributed by atoms with E-state index in [1.165, 1.54) is 6.42 Å². The van der Waals surface area contributed by atoms with E-state index < -0.39 is 0 Å². The Labute approximate surface area is 111 Å². The zero-order valence-corrected chi connectivity index (χ0v) is 12.6. The van der Waals surface area contributed by atoms with Gasteiger partial charge in [-0.25, -0.2) is 0 Å². The van der Waals surface area contributed by atoms with E-state index in [0.29, 0.717) is 12.0 Å². The van der Waals surface area contributed by atoms with E-state index in [1.54, 1.807) is 0 Å². The van der Waals surface area contributed by atoms with Gasteiger partial charge in [-0.05, 0) is 52.3 Å². The van der Waals surface area contributed by atoms with Crippen molar-refractivity contribution in [3.05, 3.63) is 23.7 Å². The highest BCUT2D eigenvalue weighted by Crippen LogP contribution is 2.27. The van der Waals surface area contributed by atoms with Gasteiger partial charge in [0, 0.05) is 12.1 Å². The van der Waals surface area contributed by atoms with E-state index in [-0.39, 0.29) is 12.1 Å². The topological polar surface area (TPSA) is 42.4 Å². The number of aryl methyl sites for hydroxylation is 1. The number of hydrogen-bond acceptors (Lipinski definition) is 3. The first kappa shape index (κ1) is 15.3. The number of likely N-dealkylation sites (N-methyl/N-ethyl adjacent to an activating group) is 1. The van der Waals surface area contributed by atoms with Crippen LogP contribution in [-0.2, 0) is 0 Å². The molecule has 2 N–H and O–H groups in total. The monoisotopic (exact) mass is 252 g/mol. The highest BCUT2D eigenvalue weighted by molar-refractivity contribution is 5.12. The third-order valence-corrected chi connectivity index (χ3v) is 3.50. The Bertz CT molecular complexity index is 357. The highest BCUT2D eigenvalue weighted by atomic mass is 16.3. The molecular weight excluding hydrogens is 224 g/mol. The molecule has 0 amide bonds. The van der Waals surface area contributed by atoms with Crippen LogP contribution in [0, 0.1) is 12.8 Å². The SMILES string of the molecule is Cc1ccc(C(C(C)N)N(C)C(C)CC(C)C)o1. The van der Waals surface area contributed by atoms with Crippen molar-refractivity contribution in [1.29, 1.82) is 0 Å². The van der Waals surface area contributed by atoms with Gasteiger partial charge < -0.3 is 10.2 Å². The lowest BCUT2D eigenvalue weighted by Crippen LogP contribution is -2.42. The predicted molar refractivity (Wildman–Crippen MR) is 76.5 cm³/mol. The van der Waals surface area contributed by atoms with Crippen LogP contribution in [-0.4, -0.2) is 24.0 Å². The van der Waals surface area contributed by atoms with Gasteiger partial charge in [-0.15, -0.1) is 0 Å². The molecule has 3 unspecified atom stereocenters. The normalized spacial score (nSPS) is 17.2. The Kier molecular flexibility index (Phi) is 5.42. The third kappa shape index (κ3) is 3.85. The molecule has 1 aromatic heterocycles. The van der Waals surface area contributed by atoms with Crippen molar-refractivity contribution in [3.8, 4) is 0 Å². The summed E-state index contributed by atoms with van der Waals surface area (Å²) in [6.07, 6.45) is 1.17. The zero-order chi connectivity index (χ0) is 13.9. The van der Waals surface area contributed by atoms with Crippen LogP contribution in [0.5, 0.6) is 0 Å². The number of rotatable bonds is 6. The minimum Gasteiger partial charge on any atom is -0.465 e. The van der Waals surface area contributed by atoms with Crippen molar-refractivity contribution in [2.45, 2.75) is 59.2 Å². The molecule has 0 aliphatic rings. The minimum absolute atomic E-state index is 0.0511. The molecule has 1 heterocycles. The second-order valence-electron chi connectivity index (χ2n) is 5.90. The fourth-order valence-electron chi connectivity index (χ4n) is 2.57. The van der Waals surface area contributed by atoms with Crippen LogP contribution in [0.2, 0.25) is 0 Å². The molecule has 0 aromatic carbocycles. The molecule has 104 valence electrons. The molecule has 0 aliphatic heterocycles. The molecule has 3 heteroatoms. The molecule has 1 aromatic rings. The van der Waals surface area contributed by atoms with Crippen LogP contribution < -0.4 is 5.73 Å². The van der Waals surface area contributed by atoms with E-state index in [2.05, 4.69) is 32.7 Å².